The Balaban J connectivity index is 0.00000112. The van der Waals surface area contributed by atoms with Crippen LogP contribution < -0.4 is 0 Å². The number of rotatable bonds is 28. The molecule has 2 unspecified atom stereocenters. The van der Waals surface area contributed by atoms with E-state index in [0.717, 1.165) is 38.5 Å². The van der Waals surface area contributed by atoms with Crippen LogP contribution in [0.4, 0.5) is 0 Å². The normalized spacial score (nSPS) is 12.2. The molecule has 2 aromatic rings. The summed E-state index contributed by atoms with van der Waals surface area (Å²) in [5.41, 5.74) is 0.305. The molecule has 0 aliphatic rings. The van der Waals surface area contributed by atoms with Gasteiger partial charge in [0, 0.05) is 10.5 Å². The topological polar surface area (TPSA) is 220 Å². The van der Waals surface area contributed by atoms with E-state index in [4.69, 9.17) is 18.9 Å². The van der Waals surface area contributed by atoms with Gasteiger partial charge >= 0.3 is 61.6 Å². The zero-order chi connectivity index (χ0) is 43.4. The second kappa shape index (κ2) is 32.2. The van der Waals surface area contributed by atoms with E-state index in [-0.39, 0.29) is 99.3 Å². The summed E-state index contributed by atoms with van der Waals surface area (Å²) < 4.78 is 85.8. The zero-order valence-electron chi connectivity index (χ0n) is 35.2. The molecular weight excluding hydrogens is 833 g/mol. The van der Waals surface area contributed by atoms with Gasteiger partial charge in [-0.15, -0.1) is 0 Å². The van der Waals surface area contributed by atoms with Crippen molar-refractivity contribution in [3.8, 4) is 0 Å². The Morgan fingerprint density at radius 2 is 0.695 bits per heavy atom. The molecule has 0 aromatic heterocycles. The Hall–Kier alpha value is -2.60. The monoisotopic (exact) mass is 894 g/mol. The van der Waals surface area contributed by atoms with Crippen molar-refractivity contribution in [1.82, 2.24) is 0 Å². The van der Waals surface area contributed by atoms with Gasteiger partial charge in [-0.2, -0.15) is 0 Å². The number of carbonyl (C=O) groups is 4. The second-order valence-electron chi connectivity index (χ2n) is 14.1. The van der Waals surface area contributed by atoms with Crippen molar-refractivity contribution in [3.05, 3.63) is 70.8 Å². The molecule has 0 saturated heterocycles. The van der Waals surface area contributed by atoms with Crippen LogP contribution in [-0.2, 0) is 39.2 Å². The van der Waals surface area contributed by atoms with Gasteiger partial charge < -0.3 is 28.1 Å². The molecular formula is C42H62CaO14S2. The van der Waals surface area contributed by atoms with E-state index in [0.29, 0.717) is 0 Å². The van der Waals surface area contributed by atoms with Crippen LogP contribution in [-0.4, -0.2) is 124 Å². The largest absolute Gasteiger partial charge is 2.00 e. The van der Waals surface area contributed by atoms with E-state index in [2.05, 4.69) is 13.8 Å². The van der Waals surface area contributed by atoms with E-state index in [1.165, 1.54) is 89.5 Å². The molecule has 0 radical (unpaired) electrons. The number of esters is 4. The predicted octanol–water partition coefficient (Wildman–Crippen LogP) is 7.77. The number of ether oxygens (including phenoxy) is 4. The molecule has 0 saturated carbocycles. The minimum absolute atomic E-state index is 0. The molecule has 328 valence electrons. The zero-order valence-corrected chi connectivity index (χ0v) is 39.0. The van der Waals surface area contributed by atoms with Crippen LogP contribution in [0.25, 0.3) is 0 Å². The Morgan fingerprint density at radius 3 is 0.949 bits per heavy atom. The SMILES string of the molecule is CCCCCCCCCOC(=O)c1ccccc1C(=O)OCCC(C)S(=O)(=O)[O-].CCCCCCCCCOC(=O)c1ccccc1C(=O)OCCC(C)S(=O)(=O)[O-].[Ca+2]. The van der Waals surface area contributed by atoms with Crippen LogP contribution in [0.1, 0.15) is 172 Å². The molecule has 0 aliphatic heterocycles. The van der Waals surface area contributed by atoms with Gasteiger partial charge in [-0.1, -0.05) is 115 Å². The molecule has 14 nitrogen and oxygen atoms in total. The number of hydrogen-bond acceptors (Lipinski definition) is 14. The fraction of sp³-hybridized carbons (Fsp3) is 0.619. The van der Waals surface area contributed by atoms with Gasteiger partial charge in [-0.25, -0.2) is 36.0 Å². The molecule has 59 heavy (non-hydrogen) atoms. The van der Waals surface area contributed by atoms with E-state index in [9.17, 15) is 45.1 Å². The van der Waals surface area contributed by atoms with Crippen LogP contribution in [0, 0.1) is 0 Å². The van der Waals surface area contributed by atoms with Crippen LogP contribution in [0.2, 0.25) is 0 Å². The summed E-state index contributed by atoms with van der Waals surface area (Å²) in [5, 5.41) is -2.31. The van der Waals surface area contributed by atoms with Gasteiger partial charge in [-0.05, 0) is 63.8 Å². The van der Waals surface area contributed by atoms with E-state index < -0.39 is 54.6 Å². The average molecular weight is 895 g/mol. The van der Waals surface area contributed by atoms with Crippen molar-refractivity contribution in [1.29, 1.82) is 0 Å². The molecule has 0 heterocycles. The molecule has 0 amide bonds. The van der Waals surface area contributed by atoms with Gasteiger partial charge in [0.15, 0.2) is 0 Å². The Morgan fingerprint density at radius 1 is 0.458 bits per heavy atom. The van der Waals surface area contributed by atoms with Crippen LogP contribution >= 0.6 is 0 Å². The summed E-state index contributed by atoms with van der Waals surface area (Å²) in [6, 6.07) is 12.3. The van der Waals surface area contributed by atoms with Crippen molar-refractivity contribution in [2.24, 2.45) is 0 Å². The van der Waals surface area contributed by atoms with Gasteiger partial charge in [0.05, 0.1) is 68.9 Å². The Labute approximate surface area is 381 Å². The summed E-state index contributed by atoms with van der Waals surface area (Å²) in [6.45, 7) is 6.96. The molecule has 0 N–H and O–H groups in total. The molecule has 0 fully saturated rings. The van der Waals surface area contributed by atoms with E-state index in [1.54, 1.807) is 24.3 Å². The first-order valence-electron chi connectivity index (χ1n) is 20.3. The summed E-state index contributed by atoms with van der Waals surface area (Å²) in [5.74, 6) is -2.72. The molecule has 0 aliphatic carbocycles. The maximum Gasteiger partial charge on any atom is 2.00 e. The molecule has 17 heteroatoms. The van der Waals surface area contributed by atoms with Crippen molar-refractivity contribution in [2.45, 2.75) is 141 Å². The molecule has 2 rings (SSSR count). The minimum atomic E-state index is -4.42. The summed E-state index contributed by atoms with van der Waals surface area (Å²) in [7, 11) is -8.85. The maximum atomic E-state index is 12.3. The second-order valence-corrected chi connectivity index (χ2v) is 17.6. The predicted molar refractivity (Wildman–Crippen MR) is 223 cm³/mol. The van der Waals surface area contributed by atoms with Crippen molar-refractivity contribution in [2.75, 3.05) is 26.4 Å². The standard InChI is InChI=1S/2C21H32O7S.Ca/c2*1-3-4-5-6-7-8-11-15-27-20(22)18-12-9-10-13-19(18)21(23)28-16-14-17(2)29(24,25)26;/h2*9-10,12-13,17H,3-8,11,14-16H2,1-2H3,(H,24,25,26);/q;;+2/p-2. The first-order valence-corrected chi connectivity index (χ1v) is 23.2. The first kappa shape index (κ1) is 56.4. The number of carbonyl (C=O) groups excluding carboxylic acids is 4. The van der Waals surface area contributed by atoms with Crippen molar-refractivity contribution in [3.63, 3.8) is 0 Å². The fourth-order valence-corrected chi connectivity index (χ4v) is 6.13. The molecule has 2 atom stereocenters. The number of hydrogen-bond donors (Lipinski definition) is 0. The summed E-state index contributed by atoms with van der Waals surface area (Å²) in [4.78, 5) is 49.1. The molecule has 0 bridgehead atoms. The number of benzene rings is 2. The smallest absolute Gasteiger partial charge is 0.748 e. The molecule has 0 spiro atoms. The van der Waals surface area contributed by atoms with Crippen LogP contribution in [0.3, 0.4) is 0 Å². The summed E-state index contributed by atoms with van der Waals surface area (Å²) >= 11 is 0. The van der Waals surface area contributed by atoms with Crippen molar-refractivity contribution < 1.29 is 64.1 Å². The first-order chi connectivity index (χ1) is 27.5. The third-order valence-electron chi connectivity index (χ3n) is 9.20. The quantitative estimate of drug-likeness (QED) is 0.0262. The van der Waals surface area contributed by atoms with Gasteiger partial charge in [-0.3, -0.25) is 0 Å². The number of unbranched alkanes of at least 4 members (excludes halogenated alkanes) is 12. The van der Waals surface area contributed by atoms with E-state index in [1.807, 2.05) is 0 Å². The third-order valence-corrected chi connectivity index (χ3v) is 11.6. The minimum Gasteiger partial charge on any atom is -0.748 e. The van der Waals surface area contributed by atoms with Gasteiger partial charge in [0.1, 0.15) is 0 Å². The fourth-order valence-electron chi connectivity index (χ4n) is 5.36. The third kappa shape index (κ3) is 25.1. The van der Waals surface area contributed by atoms with Gasteiger partial charge in [0.2, 0.25) is 0 Å². The molecule has 2 aromatic carbocycles. The van der Waals surface area contributed by atoms with Crippen molar-refractivity contribution >= 4 is 81.9 Å². The Bertz CT molecular complexity index is 1620. The van der Waals surface area contributed by atoms with Crippen LogP contribution in [0.15, 0.2) is 48.5 Å². The maximum absolute atomic E-state index is 12.3. The van der Waals surface area contributed by atoms with E-state index >= 15 is 0 Å². The summed E-state index contributed by atoms with van der Waals surface area (Å²) in [6.07, 6.45) is 15.2. The average Bonchev–Trinajstić information content (AvgIpc) is 3.19. The van der Waals surface area contributed by atoms with Crippen LogP contribution in [0.5, 0.6) is 0 Å². The van der Waals surface area contributed by atoms with Gasteiger partial charge in [0.25, 0.3) is 0 Å². The Kier molecular flexibility index (Phi) is 30.7.